The monoisotopic (exact) mass is 416 g/mol. The van der Waals surface area contributed by atoms with Crippen LogP contribution >= 0.6 is 0 Å². The summed E-state index contributed by atoms with van der Waals surface area (Å²) in [5.41, 5.74) is 8.12. The van der Waals surface area contributed by atoms with Gasteiger partial charge in [-0.15, -0.1) is 0 Å². The highest BCUT2D eigenvalue weighted by Crippen LogP contribution is 2.45. The number of amides is 1. The molecule has 0 radical (unpaired) electrons. The molecule has 1 unspecified atom stereocenters. The van der Waals surface area contributed by atoms with Crippen LogP contribution in [0.5, 0.6) is 11.5 Å². The van der Waals surface area contributed by atoms with Crippen molar-refractivity contribution in [2.24, 2.45) is 5.73 Å². The summed E-state index contributed by atoms with van der Waals surface area (Å²) < 4.78 is 12.3. The number of ether oxygens (including phenoxy) is 2. The van der Waals surface area contributed by atoms with Crippen LogP contribution in [0.2, 0.25) is 0 Å². The number of nitrogens with two attached hydrogens (primary N) is 1. The van der Waals surface area contributed by atoms with E-state index in [2.05, 4.69) is 4.98 Å². The molecule has 1 aliphatic heterocycles. The van der Waals surface area contributed by atoms with Crippen LogP contribution in [0.3, 0.4) is 0 Å². The van der Waals surface area contributed by atoms with E-state index in [0.717, 1.165) is 16.7 Å². The number of carbonyl (C=O) groups is 2. The number of benzene rings is 2. The zero-order valence-corrected chi connectivity index (χ0v) is 17.7. The molecule has 1 atom stereocenters. The Morgan fingerprint density at radius 1 is 1.10 bits per heavy atom. The van der Waals surface area contributed by atoms with Crippen molar-refractivity contribution < 1.29 is 19.1 Å². The minimum atomic E-state index is -0.723. The fraction of sp³-hybridized carbons (Fsp3) is 0.240. The van der Waals surface area contributed by atoms with Crippen molar-refractivity contribution >= 4 is 11.7 Å². The van der Waals surface area contributed by atoms with Crippen LogP contribution in [-0.4, -0.2) is 22.3 Å². The fourth-order valence-electron chi connectivity index (χ4n) is 3.98. The number of pyridine rings is 1. The molecule has 2 N–H and O–H groups in total. The number of hydrogen-bond acceptors (Lipinski definition) is 5. The minimum Gasteiger partial charge on any atom is -0.488 e. The zero-order valence-electron chi connectivity index (χ0n) is 17.7. The molecule has 31 heavy (non-hydrogen) atoms. The van der Waals surface area contributed by atoms with Gasteiger partial charge in [-0.05, 0) is 68.3 Å². The number of rotatable bonds is 5. The molecule has 0 fully saturated rings. The zero-order chi connectivity index (χ0) is 22.2. The molecule has 0 saturated carbocycles. The van der Waals surface area contributed by atoms with Gasteiger partial charge in [-0.1, -0.05) is 12.1 Å². The Kier molecular flexibility index (Phi) is 5.23. The van der Waals surface area contributed by atoms with Crippen LogP contribution in [-0.2, 0) is 6.61 Å². The topological polar surface area (TPSA) is 91.5 Å². The Labute approximate surface area is 181 Å². The van der Waals surface area contributed by atoms with Gasteiger partial charge >= 0.3 is 0 Å². The van der Waals surface area contributed by atoms with Gasteiger partial charge in [0.25, 0.3) is 0 Å². The molecule has 2 aromatic carbocycles. The summed E-state index contributed by atoms with van der Waals surface area (Å²) in [5.74, 6) is 0.338. The summed E-state index contributed by atoms with van der Waals surface area (Å²) in [7, 11) is 0. The minimum absolute atomic E-state index is 0.0224. The van der Waals surface area contributed by atoms with Crippen molar-refractivity contribution in [3.63, 3.8) is 0 Å². The maximum absolute atomic E-state index is 13.4. The average molecular weight is 416 g/mol. The van der Waals surface area contributed by atoms with E-state index in [1.807, 2.05) is 32.9 Å². The lowest BCUT2D eigenvalue weighted by Gasteiger charge is -2.40. The number of primary amides is 1. The number of carbonyl (C=O) groups excluding carboxylic acids is 2. The van der Waals surface area contributed by atoms with Crippen molar-refractivity contribution in [2.45, 2.75) is 38.9 Å². The fourth-order valence-corrected chi connectivity index (χ4v) is 3.98. The highest BCUT2D eigenvalue weighted by Gasteiger charge is 2.44. The van der Waals surface area contributed by atoms with Crippen molar-refractivity contribution in [1.29, 1.82) is 0 Å². The van der Waals surface area contributed by atoms with Gasteiger partial charge in [-0.2, -0.15) is 0 Å². The Hall–Kier alpha value is -3.67. The van der Waals surface area contributed by atoms with E-state index in [0.29, 0.717) is 29.2 Å². The molecule has 1 aliphatic rings. The molecule has 1 aromatic heterocycles. The van der Waals surface area contributed by atoms with Crippen molar-refractivity contribution in [1.82, 2.24) is 4.98 Å². The van der Waals surface area contributed by atoms with E-state index >= 15 is 0 Å². The van der Waals surface area contributed by atoms with Crippen molar-refractivity contribution in [3.8, 4) is 11.5 Å². The summed E-state index contributed by atoms with van der Waals surface area (Å²) in [6.07, 6.45) is 3.37. The molecule has 158 valence electrons. The molecule has 6 nitrogen and oxygen atoms in total. The van der Waals surface area contributed by atoms with E-state index < -0.39 is 17.4 Å². The normalized spacial score (nSPS) is 16.9. The second-order valence-corrected chi connectivity index (χ2v) is 8.20. The maximum Gasteiger partial charge on any atom is 0.248 e. The Bertz CT molecular complexity index is 1140. The van der Waals surface area contributed by atoms with Crippen LogP contribution < -0.4 is 15.2 Å². The maximum atomic E-state index is 13.4. The molecule has 4 rings (SSSR count). The van der Waals surface area contributed by atoms with Crippen LogP contribution in [0, 0.1) is 6.92 Å². The first-order chi connectivity index (χ1) is 14.8. The molecule has 0 spiro atoms. The van der Waals surface area contributed by atoms with Gasteiger partial charge in [0.05, 0.1) is 11.5 Å². The van der Waals surface area contributed by atoms with Gasteiger partial charge in [0.1, 0.15) is 23.7 Å². The highest BCUT2D eigenvalue weighted by molar-refractivity contribution is 6.05. The summed E-state index contributed by atoms with van der Waals surface area (Å²) in [5, 5.41) is 0. The molecular weight excluding hydrogens is 392 g/mol. The van der Waals surface area contributed by atoms with E-state index in [1.54, 1.807) is 48.8 Å². The molecule has 1 amide bonds. The first-order valence-corrected chi connectivity index (χ1v) is 10.1. The quantitative estimate of drug-likeness (QED) is 0.673. The summed E-state index contributed by atoms with van der Waals surface area (Å²) >= 11 is 0. The number of fused-ring (bicyclic) bond motifs is 1. The van der Waals surface area contributed by atoms with Gasteiger partial charge in [-0.25, -0.2) is 0 Å². The lowest BCUT2D eigenvalue weighted by Crippen LogP contribution is -2.44. The molecule has 0 aliphatic carbocycles. The second kappa shape index (κ2) is 7.87. The molecule has 0 saturated heterocycles. The van der Waals surface area contributed by atoms with E-state index in [1.165, 1.54) is 0 Å². The Balaban J connectivity index is 1.60. The van der Waals surface area contributed by atoms with Crippen molar-refractivity contribution in [2.75, 3.05) is 0 Å². The molecule has 0 bridgehead atoms. The van der Waals surface area contributed by atoms with Gasteiger partial charge < -0.3 is 15.2 Å². The summed E-state index contributed by atoms with van der Waals surface area (Å²) in [6.45, 7) is 6.05. The van der Waals surface area contributed by atoms with Gasteiger partial charge in [-0.3, -0.25) is 14.6 Å². The largest absolute Gasteiger partial charge is 0.488 e. The van der Waals surface area contributed by atoms with Crippen LogP contribution in [0.15, 0.2) is 60.9 Å². The van der Waals surface area contributed by atoms with Crippen LogP contribution in [0.1, 0.15) is 57.2 Å². The first kappa shape index (κ1) is 20.6. The van der Waals surface area contributed by atoms with Gasteiger partial charge in [0.2, 0.25) is 5.91 Å². The predicted octanol–water partition coefficient (Wildman–Crippen LogP) is 4.21. The van der Waals surface area contributed by atoms with Crippen molar-refractivity contribution in [3.05, 3.63) is 88.7 Å². The Morgan fingerprint density at radius 2 is 1.77 bits per heavy atom. The lowest BCUT2D eigenvalue weighted by molar-refractivity contribution is 0.0476. The second-order valence-electron chi connectivity index (χ2n) is 8.20. The molecule has 6 heteroatoms. The average Bonchev–Trinajstić information content (AvgIpc) is 2.74. The van der Waals surface area contributed by atoms with Crippen LogP contribution in [0.25, 0.3) is 0 Å². The SMILES string of the molecule is Cc1c(OCc2ccc(C(N)=O)cc2)ccc2c1OC(C)(C)C(c1ccncc1)C2=O. The number of hydrogen-bond donors (Lipinski definition) is 1. The van der Waals surface area contributed by atoms with Crippen LogP contribution in [0.4, 0.5) is 0 Å². The Morgan fingerprint density at radius 3 is 2.42 bits per heavy atom. The molecule has 3 aromatic rings. The summed E-state index contributed by atoms with van der Waals surface area (Å²) in [4.78, 5) is 28.6. The molecule has 2 heterocycles. The molecular formula is C25H24N2O4. The number of Topliss-reactive ketones (excluding diaryl/α,β-unsaturated/α-hetero) is 1. The standard InChI is InChI=1S/C25H24N2O4/c1-15-20(30-14-16-4-6-18(7-5-16)24(26)29)9-8-19-22(28)21(17-10-12-27-13-11-17)25(2,3)31-23(15)19/h4-13,21H,14H2,1-3H3,(H2,26,29). The first-order valence-electron chi connectivity index (χ1n) is 10.1. The van der Waals surface area contributed by atoms with Gasteiger partial charge in [0, 0.05) is 23.5 Å². The smallest absolute Gasteiger partial charge is 0.248 e. The van der Waals surface area contributed by atoms with E-state index in [4.69, 9.17) is 15.2 Å². The number of nitrogens with zero attached hydrogens (tertiary/aromatic N) is 1. The number of aromatic nitrogens is 1. The predicted molar refractivity (Wildman–Crippen MR) is 116 cm³/mol. The number of ketones is 1. The third-order valence-corrected chi connectivity index (χ3v) is 5.62. The summed E-state index contributed by atoms with van der Waals surface area (Å²) in [6, 6.07) is 14.2. The third-order valence-electron chi connectivity index (χ3n) is 5.62. The van der Waals surface area contributed by atoms with E-state index in [9.17, 15) is 9.59 Å². The highest BCUT2D eigenvalue weighted by atomic mass is 16.5. The van der Waals surface area contributed by atoms with E-state index in [-0.39, 0.29) is 5.78 Å². The van der Waals surface area contributed by atoms with Gasteiger partial charge in [0.15, 0.2) is 5.78 Å². The lowest BCUT2D eigenvalue weighted by atomic mass is 9.77. The third kappa shape index (κ3) is 3.89.